The Morgan fingerprint density at radius 2 is 1.31 bits per heavy atom. The molecule has 0 saturated heterocycles. The van der Waals surface area contributed by atoms with Crippen molar-refractivity contribution in [1.82, 2.24) is 0 Å². The molecule has 5 aliphatic carbocycles. The largest absolute Gasteiger partial charge is 0.0844 e. The molecule has 0 saturated carbocycles. The summed E-state index contributed by atoms with van der Waals surface area (Å²) in [5.41, 5.74) is 12.5. The fourth-order valence-corrected chi connectivity index (χ4v) is 6.27. The summed E-state index contributed by atoms with van der Waals surface area (Å²) in [6.07, 6.45) is 28.4. The molecule has 5 rings (SSSR count). The van der Waals surface area contributed by atoms with Gasteiger partial charge in [0.15, 0.2) is 0 Å². The Balaban J connectivity index is 1.68. The molecule has 1 unspecified atom stereocenters. The summed E-state index contributed by atoms with van der Waals surface area (Å²) in [6, 6.07) is 0. The lowest BCUT2D eigenvalue weighted by molar-refractivity contribution is 0.567. The van der Waals surface area contributed by atoms with Gasteiger partial charge in [0, 0.05) is 5.92 Å². The minimum absolute atomic E-state index is 0.675. The first-order valence-electron chi connectivity index (χ1n) is 11.5. The quantitative estimate of drug-likeness (QED) is 0.446. The highest BCUT2D eigenvalue weighted by atomic mass is 14.4. The van der Waals surface area contributed by atoms with Crippen molar-refractivity contribution >= 4 is 0 Å². The maximum Gasteiger partial charge on any atom is 0.0263 e. The minimum atomic E-state index is 0.675. The maximum absolute atomic E-state index is 2.65. The van der Waals surface area contributed by atoms with Gasteiger partial charge in [0.05, 0.1) is 0 Å². The summed E-state index contributed by atoms with van der Waals surface area (Å²) in [5, 5.41) is 0. The molecule has 0 radical (unpaired) electrons. The third kappa shape index (κ3) is 2.90. The predicted molar refractivity (Wildman–Crippen MR) is 111 cm³/mol. The van der Waals surface area contributed by atoms with E-state index >= 15 is 0 Å². The molecule has 0 heterocycles. The molecule has 26 heavy (non-hydrogen) atoms. The van der Waals surface area contributed by atoms with Gasteiger partial charge in [-0.05, 0) is 124 Å². The molecule has 0 fully saturated rings. The Morgan fingerprint density at radius 3 is 2.12 bits per heavy atom. The summed E-state index contributed by atoms with van der Waals surface area (Å²) in [7, 11) is 0. The molecule has 0 heteroatoms. The van der Waals surface area contributed by atoms with Crippen LogP contribution in [0, 0.1) is 5.92 Å². The van der Waals surface area contributed by atoms with Crippen LogP contribution in [0.5, 0.6) is 0 Å². The zero-order valence-electron chi connectivity index (χ0n) is 16.4. The number of allylic oxidation sites excluding steroid dienone is 10. The second-order valence-electron chi connectivity index (χ2n) is 9.05. The smallest absolute Gasteiger partial charge is 0.0263 e. The van der Waals surface area contributed by atoms with Gasteiger partial charge < -0.3 is 0 Å². The molecule has 0 amide bonds. The molecule has 0 aromatic carbocycles. The number of rotatable bonds is 2. The van der Waals surface area contributed by atoms with Crippen LogP contribution in [0.3, 0.4) is 0 Å². The van der Waals surface area contributed by atoms with E-state index in [2.05, 4.69) is 18.2 Å². The summed E-state index contributed by atoms with van der Waals surface area (Å²) >= 11 is 0. The Kier molecular flexibility index (Phi) is 4.78. The van der Waals surface area contributed by atoms with E-state index in [4.69, 9.17) is 0 Å². The second-order valence-corrected chi connectivity index (χ2v) is 9.05. The van der Waals surface area contributed by atoms with Crippen molar-refractivity contribution < 1.29 is 0 Å². The fraction of sp³-hybridized carbons (Fsp3) is 0.615. The van der Waals surface area contributed by atoms with Crippen molar-refractivity contribution in [2.24, 2.45) is 5.92 Å². The van der Waals surface area contributed by atoms with Gasteiger partial charge in [-0.2, -0.15) is 0 Å². The molecular formula is C26H34. The lowest BCUT2D eigenvalue weighted by Crippen LogP contribution is -2.25. The molecule has 0 nitrogen and oxygen atoms in total. The highest BCUT2D eigenvalue weighted by molar-refractivity contribution is 5.65. The second kappa shape index (κ2) is 7.37. The van der Waals surface area contributed by atoms with Crippen molar-refractivity contribution in [2.45, 2.75) is 96.3 Å². The van der Waals surface area contributed by atoms with Crippen LogP contribution in [0.25, 0.3) is 0 Å². The van der Waals surface area contributed by atoms with E-state index in [1.807, 2.05) is 11.1 Å². The molecule has 0 spiro atoms. The predicted octanol–water partition coefficient (Wildman–Crippen LogP) is 7.89. The van der Waals surface area contributed by atoms with Gasteiger partial charge in [0.2, 0.25) is 0 Å². The number of hydrogen-bond donors (Lipinski definition) is 0. The van der Waals surface area contributed by atoms with Gasteiger partial charge in [-0.25, -0.2) is 0 Å². The molecule has 0 N–H and O–H groups in total. The highest BCUT2D eigenvalue weighted by Gasteiger charge is 2.37. The standard InChI is InChI=1S/C26H34/c1-3-11-19(12-4-1)25-21-15-7-9-17-23(21)26(20-13-5-2-6-14-20)24-18-10-8-16-22(24)25/h11,13,15,25H,1-10,12,14,16-18H2. The highest BCUT2D eigenvalue weighted by Crippen LogP contribution is 2.53. The van der Waals surface area contributed by atoms with Crippen molar-refractivity contribution in [1.29, 1.82) is 0 Å². The van der Waals surface area contributed by atoms with Gasteiger partial charge in [0.25, 0.3) is 0 Å². The van der Waals surface area contributed by atoms with Gasteiger partial charge in [0.1, 0.15) is 0 Å². The van der Waals surface area contributed by atoms with Crippen molar-refractivity contribution in [3.05, 3.63) is 57.2 Å². The van der Waals surface area contributed by atoms with Crippen LogP contribution in [0.2, 0.25) is 0 Å². The lowest BCUT2D eigenvalue weighted by Gasteiger charge is -2.41. The first kappa shape index (κ1) is 16.8. The summed E-state index contributed by atoms with van der Waals surface area (Å²) in [5.74, 6) is 0.675. The van der Waals surface area contributed by atoms with Crippen LogP contribution in [0.1, 0.15) is 96.3 Å². The van der Waals surface area contributed by atoms with Crippen molar-refractivity contribution in [2.75, 3.05) is 0 Å². The Hall–Kier alpha value is -1.30. The third-order valence-corrected chi connectivity index (χ3v) is 7.43. The van der Waals surface area contributed by atoms with Gasteiger partial charge in [-0.1, -0.05) is 29.4 Å². The molecule has 5 aliphatic rings. The average Bonchev–Trinajstić information content (AvgIpc) is 2.73. The topological polar surface area (TPSA) is 0 Å². The van der Waals surface area contributed by atoms with Gasteiger partial charge >= 0.3 is 0 Å². The van der Waals surface area contributed by atoms with E-state index < -0.39 is 0 Å². The summed E-state index contributed by atoms with van der Waals surface area (Å²) in [6.45, 7) is 0. The Morgan fingerprint density at radius 1 is 0.577 bits per heavy atom. The number of fused-ring (bicyclic) bond motifs is 1. The SMILES string of the molecule is C1=C(C2=C3CCCC=C3C(C3=CCCCC3)C3=C2CCCC3)CCCC1. The minimum Gasteiger partial charge on any atom is -0.0844 e. The van der Waals surface area contributed by atoms with Crippen LogP contribution >= 0.6 is 0 Å². The zero-order chi connectivity index (χ0) is 17.3. The average molecular weight is 347 g/mol. The van der Waals surface area contributed by atoms with Crippen LogP contribution in [0.4, 0.5) is 0 Å². The van der Waals surface area contributed by atoms with Gasteiger partial charge in [-0.3, -0.25) is 0 Å². The molecular weight excluding hydrogens is 312 g/mol. The molecule has 0 aromatic rings. The Bertz CT molecular complexity index is 734. The lowest BCUT2D eigenvalue weighted by atomic mass is 9.63. The zero-order valence-corrected chi connectivity index (χ0v) is 16.4. The van der Waals surface area contributed by atoms with Crippen molar-refractivity contribution in [3.8, 4) is 0 Å². The van der Waals surface area contributed by atoms with E-state index in [1.165, 1.54) is 96.3 Å². The monoisotopic (exact) mass is 346 g/mol. The normalized spacial score (nSPS) is 29.5. The van der Waals surface area contributed by atoms with E-state index in [-0.39, 0.29) is 0 Å². The van der Waals surface area contributed by atoms with Gasteiger partial charge in [-0.15, -0.1) is 0 Å². The first-order chi connectivity index (χ1) is 12.9. The van der Waals surface area contributed by atoms with Crippen LogP contribution in [-0.4, -0.2) is 0 Å². The molecule has 0 aromatic heterocycles. The maximum atomic E-state index is 2.65. The third-order valence-electron chi connectivity index (χ3n) is 7.43. The Labute approximate surface area is 159 Å². The number of hydrogen-bond acceptors (Lipinski definition) is 0. The molecule has 1 atom stereocenters. The summed E-state index contributed by atoms with van der Waals surface area (Å²) < 4.78 is 0. The van der Waals surface area contributed by atoms with Crippen molar-refractivity contribution in [3.63, 3.8) is 0 Å². The van der Waals surface area contributed by atoms with E-state index in [1.54, 1.807) is 27.9 Å². The van der Waals surface area contributed by atoms with E-state index in [0.29, 0.717) is 5.92 Å². The van der Waals surface area contributed by atoms with Crippen LogP contribution < -0.4 is 0 Å². The van der Waals surface area contributed by atoms with E-state index in [0.717, 1.165) is 0 Å². The molecule has 0 aliphatic heterocycles. The fourth-order valence-electron chi connectivity index (χ4n) is 6.27. The summed E-state index contributed by atoms with van der Waals surface area (Å²) in [4.78, 5) is 0. The van der Waals surface area contributed by atoms with E-state index in [9.17, 15) is 0 Å². The first-order valence-corrected chi connectivity index (χ1v) is 11.5. The molecule has 0 bridgehead atoms. The van der Waals surface area contributed by atoms with Crippen LogP contribution in [-0.2, 0) is 0 Å². The van der Waals surface area contributed by atoms with Crippen LogP contribution in [0.15, 0.2) is 57.2 Å². The molecule has 138 valence electrons.